The van der Waals surface area contributed by atoms with Crippen LogP contribution in [0.2, 0.25) is 0 Å². The van der Waals surface area contributed by atoms with Gasteiger partial charge in [0.15, 0.2) is 0 Å². The molecule has 0 fully saturated rings. The van der Waals surface area contributed by atoms with Gasteiger partial charge in [0, 0.05) is 15.8 Å². The zero-order chi connectivity index (χ0) is 15.5. The number of fused-ring (bicyclic) bond motifs is 1. The molecule has 2 heterocycles. The van der Waals surface area contributed by atoms with Crippen molar-refractivity contribution in [2.24, 2.45) is 0 Å². The number of nitrogens with zero attached hydrogens (tertiary/aromatic N) is 1. The van der Waals surface area contributed by atoms with E-state index in [0.29, 0.717) is 5.88 Å². The summed E-state index contributed by atoms with van der Waals surface area (Å²) in [5.74, 6) is 0.463. The van der Waals surface area contributed by atoms with Gasteiger partial charge in [-0.1, -0.05) is 19.1 Å². The first-order chi connectivity index (χ1) is 10.8. The molecular weight excluding hydrogens is 294 g/mol. The number of aldehydes is 1. The fourth-order valence-corrected chi connectivity index (χ4v) is 3.43. The Balaban J connectivity index is 2.10. The van der Waals surface area contributed by atoms with Crippen LogP contribution in [-0.4, -0.2) is 18.4 Å². The van der Waals surface area contributed by atoms with Crippen LogP contribution in [0.15, 0.2) is 41.8 Å². The molecule has 0 saturated heterocycles. The monoisotopic (exact) mass is 311 g/mol. The third kappa shape index (κ3) is 2.62. The van der Waals surface area contributed by atoms with Gasteiger partial charge in [0.2, 0.25) is 5.88 Å². The van der Waals surface area contributed by atoms with Crippen molar-refractivity contribution < 1.29 is 9.53 Å². The van der Waals surface area contributed by atoms with E-state index in [-0.39, 0.29) is 5.92 Å². The van der Waals surface area contributed by atoms with E-state index in [4.69, 9.17) is 4.74 Å². The highest BCUT2D eigenvalue weighted by molar-refractivity contribution is 7.10. The lowest BCUT2D eigenvalue weighted by Crippen LogP contribution is -2.01. The lowest BCUT2D eigenvalue weighted by molar-refractivity contribution is -0.108. The van der Waals surface area contributed by atoms with Crippen molar-refractivity contribution in [3.8, 4) is 5.88 Å². The van der Waals surface area contributed by atoms with Crippen LogP contribution in [0, 0.1) is 0 Å². The molecule has 3 rings (SSSR count). The summed E-state index contributed by atoms with van der Waals surface area (Å²) >= 11 is 1.60. The zero-order valence-electron chi connectivity index (χ0n) is 12.6. The lowest BCUT2D eigenvalue weighted by atomic mass is 9.97. The van der Waals surface area contributed by atoms with Crippen molar-refractivity contribution in [2.45, 2.75) is 19.3 Å². The largest absolute Gasteiger partial charge is 0.481 e. The van der Waals surface area contributed by atoms with Crippen LogP contribution in [0.4, 0.5) is 0 Å². The minimum absolute atomic E-state index is 0.212. The molecule has 0 bridgehead atoms. The third-order valence-electron chi connectivity index (χ3n) is 3.80. The number of aryl methyl sites for hydroxylation is 1. The van der Waals surface area contributed by atoms with Crippen molar-refractivity contribution >= 4 is 28.5 Å². The van der Waals surface area contributed by atoms with Gasteiger partial charge in [-0.3, -0.25) is 0 Å². The standard InChI is InChI=1S/C18H17NO2S/c1-3-12-9-14-10-13(6-7-16(14)19-18(12)21-2)15(11-20)17-5-4-8-22-17/h4-11,15H,3H2,1-2H3. The zero-order valence-corrected chi connectivity index (χ0v) is 13.4. The molecule has 0 radical (unpaired) electrons. The maximum Gasteiger partial charge on any atom is 0.216 e. The van der Waals surface area contributed by atoms with Gasteiger partial charge in [0.1, 0.15) is 6.29 Å². The smallest absolute Gasteiger partial charge is 0.216 e. The van der Waals surface area contributed by atoms with Crippen molar-refractivity contribution in [2.75, 3.05) is 7.11 Å². The summed E-state index contributed by atoms with van der Waals surface area (Å²) in [4.78, 5) is 17.1. The van der Waals surface area contributed by atoms with Crippen molar-refractivity contribution in [3.63, 3.8) is 0 Å². The molecule has 0 saturated carbocycles. The van der Waals surface area contributed by atoms with Gasteiger partial charge in [-0.05, 0) is 41.6 Å². The molecule has 0 aliphatic carbocycles. The predicted molar refractivity (Wildman–Crippen MR) is 89.9 cm³/mol. The Morgan fingerprint density at radius 2 is 2.18 bits per heavy atom. The first-order valence-corrected chi connectivity index (χ1v) is 8.11. The van der Waals surface area contributed by atoms with Crippen molar-refractivity contribution in [1.82, 2.24) is 4.98 Å². The first kappa shape index (κ1) is 14.7. The number of ether oxygens (including phenoxy) is 1. The number of hydrogen-bond acceptors (Lipinski definition) is 4. The molecule has 2 aromatic heterocycles. The van der Waals surface area contributed by atoms with E-state index < -0.39 is 0 Å². The summed E-state index contributed by atoms with van der Waals surface area (Å²) in [6, 6.07) is 12.0. The molecule has 112 valence electrons. The number of rotatable bonds is 5. The predicted octanol–water partition coefficient (Wildman–Crippen LogP) is 4.20. The molecule has 0 aliphatic rings. The summed E-state index contributed by atoms with van der Waals surface area (Å²) in [5.41, 5.74) is 2.96. The average Bonchev–Trinajstić information content (AvgIpc) is 3.08. The second kappa shape index (κ2) is 6.28. The highest BCUT2D eigenvalue weighted by Crippen LogP contribution is 2.30. The van der Waals surface area contributed by atoms with E-state index in [1.54, 1.807) is 18.4 Å². The molecule has 0 aliphatic heterocycles. The van der Waals surface area contributed by atoms with Crippen LogP contribution in [0.3, 0.4) is 0 Å². The van der Waals surface area contributed by atoms with Gasteiger partial charge in [0.25, 0.3) is 0 Å². The number of carbonyl (C=O) groups excluding carboxylic acids is 1. The molecule has 1 unspecified atom stereocenters. The van der Waals surface area contributed by atoms with E-state index in [9.17, 15) is 4.79 Å². The van der Waals surface area contributed by atoms with Gasteiger partial charge < -0.3 is 9.53 Å². The van der Waals surface area contributed by atoms with E-state index in [2.05, 4.69) is 24.0 Å². The first-order valence-electron chi connectivity index (χ1n) is 7.23. The normalized spacial score (nSPS) is 12.3. The third-order valence-corrected chi connectivity index (χ3v) is 4.75. The average molecular weight is 311 g/mol. The Labute approximate surface area is 133 Å². The van der Waals surface area contributed by atoms with Crippen LogP contribution < -0.4 is 4.74 Å². The van der Waals surface area contributed by atoms with E-state index in [1.165, 1.54) is 0 Å². The van der Waals surface area contributed by atoms with E-state index >= 15 is 0 Å². The van der Waals surface area contributed by atoms with Crippen LogP contribution >= 0.6 is 11.3 Å². The van der Waals surface area contributed by atoms with Gasteiger partial charge in [0.05, 0.1) is 18.5 Å². The highest BCUT2D eigenvalue weighted by atomic mass is 32.1. The Morgan fingerprint density at radius 3 is 2.82 bits per heavy atom. The maximum absolute atomic E-state index is 11.5. The molecule has 0 amide bonds. The minimum atomic E-state index is -0.212. The highest BCUT2D eigenvalue weighted by Gasteiger charge is 2.15. The van der Waals surface area contributed by atoms with Gasteiger partial charge in [-0.15, -0.1) is 11.3 Å². The number of thiophene rings is 1. The second-order valence-corrected chi connectivity index (χ2v) is 6.07. The second-order valence-electron chi connectivity index (χ2n) is 5.09. The van der Waals surface area contributed by atoms with Gasteiger partial charge in [-0.25, -0.2) is 4.98 Å². The van der Waals surface area contributed by atoms with E-state index in [1.807, 2.05) is 29.6 Å². The number of methoxy groups -OCH3 is 1. The summed E-state index contributed by atoms with van der Waals surface area (Å²) < 4.78 is 5.34. The topological polar surface area (TPSA) is 39.2 Å². The number of aromatic nitrogens is 1. The molecule has 0 N–H and O–H groups in total. The van der Waals surface area contributed by atoms with Crippen molar-refractivity contribution in [1.29, 1.82) is 0 Å². The Bertz CT molecular complexity index is 796. The number of hydrogen-bond donors (Lipinski definition) is 0. The molecule has 1 atom stereocenters. The molecule has 4 heteroatoms. The number of benzene rings is 1. The van der Waals surface area contributed by atoms with Gasteiger partial charge >= 0.3 is 0 Å². The fraction of sp³-hybridized carbons (Fsp3) is 0.222. The Kier molecular flexibility index (Phi) is 4.20. The quantitative estimate of drug-likeness (QED) is 0.663. The van der Waals surface area contributed by atoms with Crippen LogP contribution in [0.1, 0.15) is 28.8 Å². The molecule has 0 spiro atoms. The summed E-state index contributed by atoms with van der Waals surface area (Å²) in [6.07, 6.45) is 1.86. The SMILES string of the molecule is CCc1cc2cc(C(C=O)c3cccs3)ccc2nc1OC. The van der Waals surface area contributed by atoms with Crippen LogP contribution in [0.25, 0.3) is 10.9 Å². The summed E-state index contributed by atoms with van der Waals surface area (Å²) in [7, 11) is 1.64. The number of carbonyl (C=O) groups is 1. The maximum atomic E-state index is 11.5. The Hall–Kier alpha value is -2.20. The molecule has 3 aromatic rings. The van der Waals surface area contributed by atoms with Gasteiger partial charge in [-0.2, -0.15) is 0 Å². The van der Waals surface area contributed by atoms with Crippen LogP contribution in [0.5, 0.6) is 5.88 Å². The summed E-state index contributed by atoms with van der Waals surface area (Å²) in [5, 5.41) is 3.03. The minimum Gasteiger partial charge on any atom is -0.481 e. The van der Waals surface area contributed by atoms with Crippen LogP contribution in [-0.2, 0) is 11.2 Å². The molecular formula is C18H17NO2S. The number of pyridine rings is 1. The molecule has 3 nitrogen and oxygen atoms in total. The summed E-state index contributed by atoms with van der Waals surface area (Å²) in [6.45, 7) is 2.08. The fourth-order valence-electron chi connectivity index (χ4n) is 2.62. The Morgan fingerprint density at radius 1 is 1.32 bits per heavy atom. The van der Waals surface area contributed by atoms with E-state index in [0.717, 1.165) is 39.6 Å². The van der Waals surface area contributed by atoms with Crippen molar-refractivity contribution in [3.05, 3.63) is 57.8 Å². The molecule has 1 aromatic carbocycles. The lowest BCUT2D eigenvalue weighted by Gasteiger charge is -2.12. The molecule has 22 heavy (non-hydrogen) atoms.